The third-order valence-corrected chi connectivity index (χ3v) is 8.72. The van der Waals surface area contributed by atoms with Gasteiger partial charge in [-0.25, -0.2) is 8.42 Å². The zero-order chi connectivity index (χ0) is 25.7. The molecule has 0 aliphatic carbocycles. The lowest BCUT2D eigenvalue weighted by Gasteiger charge is -2.34. The lowest BCUT2D eigenvalue weighted by Crippen LogP contribution is -2.49. The first kappa shape index (κ1) is 24.9. The second kappa shape index (κ2) is 11.1. The minimum absolute atomic E-state index is 0.107. The van der Waals surface area contributed by atoms with Gasteiger partial charge in [0.2, 0.25) is 10.0 Å². The molecule has 1 aliphatic rings. The monoisotopic (exact) mass is 530 g/mol. The minimum Gasteiger partial charge on any atom is -0.476 e. The lowest BCUT2D eigenvalue weighted by atomic mass is 10.2. The molecular weight excluding hydrogens is 504 g/mol. The Balaban J connectivity index is 1.27. The zero-order valence-corrected chi connectivity index (χ0v) is 21.6. The molecule has 0 saturated heterocycles. The van der Waals surface area contributed by atoms with Crippen LogP contribution in [0.4, 0.5) is 11.4 Å². The maximum absolute atomic E-state index is 13.4. The molecule has 0 radical (unpaired) electrons. The molecule has 4 aromatic carbocycles. The van der Waals surface area contributed by atoms with Gasteiger partial charge in [0.05, 0.1) is 18.0 Å². The SMILES string of the molecule is O=C(Nc1ccc(CSc2ccccc2)cc1)C1CN(S(=O)(=O)Cc2ccccc2)c2ccccc2O1. The molecule has 0 saturated carbocycles. The summed E-state index contributed by atoms with van der Waals surface area (Å²) in [6.07, 6.45) is -0.992. The van der Waals surface area contributed by atoms with Gasteiger partial charge in [-0.1, -0.05) is 72.8 Å². The molecule has 1 heterocycles. The second-order valence-corrected chi connectivity index (χ2v) is 11.6. The van der Waals surface area contributed by atoms with E-state index < -0.39 is 22.0 Å². The molecule has 1 N–H and O–H groups in total. The van der Waals surface area contributed by atoms with Gasteiger partial charge in [-0.2, -0.15) is 0 Å². The molecule has 0 bridgehead atoms. The quantitative estimate of drug-likeness (QED) is 0.295. The molecule has 0 spiro atoms. The van der Waals surface area contributed by atoms with Gasteiger partial charge in [-0.3, -0.25) is 9.10 Å². The van der Waals surface area contributed by atoms with Crippen molar-refractivity contribution in [2.24, 2.45) is 0 Å². The van der Waals surface area contributed by atoms with E-state index in [9.17, 15) is 13.2 Å². The minimum atomic E-state index is -3.75. The fourth-order valence-electron chi connectivity index (χ4n) is 4.06. The highest BCUT2D eigenvalue weighted by Gasteiger charge is 2.36. The van der Waals surface area contributed by atoms with Crippen molar-refractivity contribution in [3.05, 3.63) is 120 Å². The maximum atomic E-state index is 13.4. The molecule has 1 atom stereocenters. The molecule has 1 amide bonds. The summed E-state index contributed by atoms with van der Waals surface area (Å²) in [7, 11) is -3.75. The van der Waals surface area contributed by atoms with Crippen molar-refractivity contribution >= 4 is 39.1 Å². The largest absolute Gasteiger partial charge is 0.476 e. The Morgan fingerprint density at radius 2 is 1.49 bits per heavy atom. The van der Waals surface area contributed by atoms with Crippen LogP contribution in [-0.4, -0.2) is 27.0 Å². The normalized spacial score (nSPS) is 14.9. The summed E-state index contributed by atoms with van der Waals surface area (Å²) in [4.78, 5) is 14.3. The predicted octanol–water partition coefficient (Wildman–Crippen LogP) is 5.72. The number of amides is 1. The topological polar surface area (TPSA) is 75.7 Å². The third-order valence-electron chi connectivity index (χ3n) is 5.93. The number of ether oxygens (including phenoxy) is 1. The standard InChI is InChI=1S/C29H26N2O4S2/c32-29(30-24-17-15-22(16-18-24)20-36-25-11-5-2-6-12-25)28-19-31(26-13-7-8-14-27(26)35-28)37(33,34)21-23-9-3-1-4-10-23/h1-18,28H,19-21H2,(H,30,32). The number of hydrogen-bond acceptors (Lipinski definition) is 5. The average molecular weight is 531 g/mol. The highest BCUT2D eigenvalue weighted by atomic mass is 32.2. The predicted molar refractivity (Wildman–Crippen MR) is 148 cm³/mol. The van der Waals surface area contributed by atoms with Crippen molar-refractivity contribution in [1.29, 1.82) is 0 Å². The number of anilines is 2. The number of nitrogens with zero attached hydrogens (tertiary/aromatic N) is 1. The number of carbonyl (C=O) groups is 1. The molecule has 6 nitrogen and oxygen atoms in total. The number of para-hydroxylation sites is 2. The van der Waals surface area contributed by atoms with Crippen molar-refractivity contribution < 1.29 is 17.9 Å². The molecule has 0 aromatic heterocycles. The van der Waals surface area contributed by atoms with Crippen LogP contribution in [0.2, 0.25) is 0 Å². The fourth-order valence-corrected chi connectivity index (χ4v) is 6.51. The van der Waals surface area contributed by atoms with Crippen molar-refractivity contribution in [1.82, 2.24) is 0 Å². The summed E-state index contributed by atoms with van der Waals surface area (Å²) < 4.78 is 34.0. The average Bonchev–Trinajstić information content (AvgIpc) is 2.93. The molecule has 5 rings (SSSR count). The van der Waals surface area contributed by atoms with E-state index in [0.29, 0.717) is 22.7 Å². The van der Waals surface area contributed by atoms with E-state index in [1.807, 2.05) is 48.5 Å². The lowest BCUT2D eigenvalue weighted by molar-refractivity contribution is -0.122. The Morgan fingerprint density at radius 3 is 2.22 bits per heavy atom. The number of sulfonamides is 1. The van der Waals surface area contributed by atoms with Crippen molar-refractivity contribution in [3.63, 3.8) is 0 Å². The van der Waals surface area contributed by atoms with Crippen LogP contribution in [0.15, 0.2) is 114 Å². The van der Waals surface area contributed by atoms with Gasteiger partial charge in [0.1, 0.15) is 5.75 Å². The molecule has 8 heteroatoms. The van der Waals surface area contributed by atoms with Crippen molar-refractivity contribution in [2.75, 3.05) is 16.2 Å². The van der Waals surface area contributed by atoms with Crippen LogP contribution in [0.3, 0.4) is 0 Å². The van der Waals surface area contributed by atoms with E-state index in [1.54, 1.807) is 60.3 Å². The number of fused-ring (bicyclic) bond motifs is 1. The van der Waals surface area contributed by atoms with E-state index in [-0.39, 0.29) is 12.3 Å². The molecule has 1 unspecified atom stereocenters. The van der Waals surface area contributed by atoms with Crippen LogP contribution < -0.4 is 14.4 Å². The first-order valence-corrected chi connectivity index (χ1v) is 14.5. The van der Waals surface area contributed by atoms with Crippen molar-refractivity contribution in [3.8, 4) is 5.75 Å². The highest BCUT2D eigenvalue weighted by Crippen LogP contribution is 2.36. The number of thioether (sulfide) groups is 1. The summed E-state index contributed by atoms with van der Waals surface area (Å²) in [5.41, 5.74) is 2.87. The zero-order valence-electron chi connectivity index (χ0n) is 20.0. The summed E-state index contributed by atoms with van der Waals surface area (Å²) in [5, 5.41) is 2.87. The van der Waals surface area contributed by atoms with Gasteiger partial charge >= 0.3 is 0 Å². The number of carbonyl (C=O) groups excluding carboxylic acids is 1. The Hall–Kier alpha value is -3.75. The summed E-state index contributed by atoms with van der Waals surface area (Å²) in [6, 6.07) is 33.7. The molecule has 4 aromatic rings. The highest BCUT2D eigenvalue weighted by molar-refractivity contribution is 7.98. The van der Waals surface area contributed by atoms with Gasteiger partial charge in [0.25, 0.3) is 5.91 Å². The molecule has 188 valence electrons. The van der Waals surface area contributed by atoms with Gasteiger partial charge in [-0.05, 0) is 47.5 Å². The third kappa shape index (κ3) is 6.15. The number of rotatable bonds is 8. The first-order valence-electron chi connectivity index (χ1n) is 11.9. The Morgan fingerprint density at radius 1 is 0.838 bits per heavy atom. The maximum Gasteiger partial charge on any atom is 0.267 e. The van der Waals surface area contributed by atoms with Gasteiger partial charge in [-0.15, -0.1) is 11.8 Å². The van der Waals surface area contributed by atoms with Crippen LogP contribution in [0.5, 0.6) is 5.75 Å². The van der Waals surface area contributed by atoms with Crippen LogP contribution in [0.25, 0.3) is 0 Å². The van der Waals surface area contributed by atoms with E-state index in [0.717, 1.165) is 11.3 Å². The molecule has 0 fully saturated rings. The summed E-state index contributed by atoms with van der Waals surface area (Å²) in [6.45, 7) is -0.107. The number of benzene rings is 4. The van der Waals surface area contributed by atoms with Gasteiger partial charge < -0.3 is 10.1 Å². The van der Waals surface area contributed by atoms with Crippen LogP contribution in [0, 0.1) is 0 Å². The molecular formula is C29H26N2O4S2. The number of nitrogens with one attached hydrogen (secondary N) is 1. The van der Waals surface area contributed by atoms with E-state index >= 15 is 0 Å². The van der Waals surface area contributed by atoms with Crippen LogP contribution >= 0.6 is 11.8 Å². The van der Waals surface area contributed by atoms with Crippen molar-refractivity contribution in [2.45, 2.75) is 22.5 Å². The second-order valence-electron chi connectivity index (χ2n) is 8.64. The van der Waals surface area contributed by atoms with Gasteiger partial charge in [0.15, 0.2) is 6.10 Å². The van der Waals surface area contributed by atoms with E-state index in [2.05, 4.69) is 17.4 Å². The summed E-state index contributed by atoms with van der Waals surface area (Å²) in [5.74, 6) is 0.605. The number of hydrogen-bond donors (Lipinski definition) is 1. The first-order chi connectivity index (χ1) is 18.0. The Kier molecular flexibility index (Phi) is 7.48. The molecule has 37 heavy (non-hydrogen) atoms. The Bertz CT molecular complexity index is 1460. The van der Waals surface area contributed by atoms with Crippen LogP contribution in [0.1, 0.15) is 11.1 Å². The molecule has 1 aliphatic heterocycles. The van der Waals surface area contributed by atoms with Gasteiger partial charge in [0, 0.05) is 16.3 Å². The summed E-state index contributed by atoms with van der Waals surface area (Å²) >= 11 is 1.74. The van der Waals surface area contributed by atoms with E-state index in [4.69, 9.17) is 4.74 Å². The van der Waals surface area contributed by atoms with E-state index in [1.165, 1.54) is 9.20 Å². The fraction of sp³-hybridized carbons (Fsp3) is 0.138. The Labute approximate surface area is 221 Å². The smallest absolute Gasteiger partial charge is 0.267 e. The van der Waals surface area contributed by atoms with Crippen LogP contribution in [-0.2, 0) is 26.3 Å².